The molecule has 0 saturated heterocycles. The molecule has 17 heavy (non-hydrogen) atoms. The molecule has 3 nitrogen and oxygen atoms in total. The van der Waals surface area contributed by atoms with E-state index in [1.165, 1.54) is 12.1 Å². The summed E-state index contributed by atoms with van der Waals surface area (Å²) in [7, 11) is 0. The van der Waals surface area contributed by atoms with E-state index in [0.717, 1.165) is 36.6 Å². The maximum atomic E-state index is 13.2. The van der Waals surface area contributed by atoms with Gasteiger partial charge in [0, 0.05) is 17.3 Å². The Morgan fingerprint density at radius 2 is 1.82 bits per heavy atom. The fourth-order valence-electron chi connectivity index (χ4n) is 2.34. The van der Waals surface area contributed by atoms with E-state index < -0.39 is 11.6 Å². The summed E-state index contributed by atoms with van der Waals surface area (Å²) in [6.45, 7) is 0. The van der Waals surface area contributed by atoms with E-state index in [1.54, 1.807) is 4.68 Å². The van der Waals surface area contributed by atoms with Gasteiger partial charge >= 0.3 is 0 Å². The molecule has 0 atom stereocenters. The number of nitrogen functional groups attached to an aromatic ring is 1. The normalized spacial score (nSPS) is 14.0. The molecule has 0 spiro atoms. The zero-order valence-corrected chi connectivity index (χ0v) is 9.08. The van der Waals surface area contributed by atoms with Crippen molar-refractivity contribution < 1.29 is 8.78 Å². The lowest BCUT2D eigenvalue weighted by atomic mass is 10.2. The predicted octanol–water partition coefficient (Wildman–Crippen LogP) is 2.22. The van der Waals surface area contributed by atoms with Gasteiger partial charge in [-0.3, -0.25) is 0 Å². The van der Waals surface area contributed by atoms with Crippen LogP contribution >= 0.6 is 0 Å². The molecule has 1 aromatic heterocycles. The Labute approximate surface area is 96.9 Å². The number of benzene rings is 1. The third-order valence-corrected chi connectivity index (χ3v) is 3.05. The molecule has 2 N–H and O–H groups in total. The molecule has 0 saturated carbocycles. The Balaban J connectivity index is 2.18. The average molecular weight is 235 g/mol. The van der Waals surface area contributed by atoms with Gasteiger partial charge in [0.25, 0.3) is 0 Å². The second-order valence-corrected chi connectivity index (χ2v) is 4.20. The molecule has 1 aliphatic carbocycles. The van der Waals surface area contributed by atoms with Crippen molar-refractivity contribution in [2.75, 3.05) is 5.73 Å². The zero-order chi connectivity index (χ0) is 12.0. The summed E-state index contributed by atoms with van der Waals surface area (Å²) in [5, 5.41) is 4.15. The van der Waals surface area contributed by atoms with Crippen LogP contribution in [0, 0.1) is 11.6 Å². The second kappa shape index (κ2) is 3.55. The minimum absolute atomic E-state index is 0.386. The molecule has 3 rings (SSSR count). The van der Waals surface area contributed by atoms with E-state index in [2.05, 4.69) is 5.10 Å². The summed E-state index contributed by atoms with van der Waals surface area (Å²) < 4.78 is 27.9. The fourth-order valence-corrected chi connectivity index (χ4v) is 2.34. The standard InChI is InChI=1S/C12H11F2N3/c13-7-4-8(14)6-9(5-7)17-11-3-1-2-10(11)12(15)16-17/h4-6H,1-3H2,(H2,15,16). The minimum Gasteiger partial charge on any atom is -0.382 e. The monoisotopic (exact) mass is 235 g/mol. The Morgan fingerprint density at radius 3 is 2.53 bits per heavy atom. The molecule has 2 aromatic rings. The number of halogens is 2. The highest BCUT2D eigenvalue weighted by Gasteiger charge is 2.22. The smallest absolute Gasteiger partial charge is 0.149 e. The molecule has 88 valence electrons. The van der Waals surface area contributed by atoms with Crippen LogP contribution < -0.4 is 5.73 Å². The molecule has 0 aliphatic heterocycles. The first-order valence-electron chi connectivity index (χ1n) is 5.48. The number of hydrogen-bond acceptors (Lipinski definition) is 2. The van der Waals surface area contributed by atoms with Gasteiger partial charge in [0.2, 0.25) is 0 Å². The van der Waals surface area contributed by atoms with Gasteiger partial charge < -0.3 is 5.73 Å². The summed E-state index contributed by atoms with van der Waals surface area (Å²) >= 11 is 0. The van der Waals surface area contributed by atoms with Gasteiger partial charge in [-0.2, -0.15) is 5.10 Å². The van der Waals surface area contributed by atoms with E-state index in [9.17, 15) is 8.78 Å². The van der Waals surface area contributed by atoms with E-state index in [-0.39, 0.29) is 0 Å². The number of rotatable bonds is 1. The average Bonchev–Trinajstić information content (AvgIpc) is 2.81. The molecular formula is C12H11F2N3. The summed E-state index contributed by atoms with van der Waals surface area (Å²) in [4.78, 5) is 0. The van der Waals surface area contributed by atoms with E-state index in [1.807, 2.05) is 0 Å². The summed E-state index contributed by atoms with van der Waals surface area (Å²) in [6.07, 6.45) is 2.74. The highest BCUT2D eigenvalue weighted by Crippen LogP contribution is 2.29. The predicted molar refractivity (Wildman–Crippen MR) is 59.9 cm³/mol. The topological polar surface area (TPSA) is 43.8 Å². The Bertz CT molecular complexity index is 569. The largest absolute Gasteiger partial charge is 0.382 e. The van der Waals surface area contributed by atoms with Crippen LogP contribution in [0.1, 0.15) is 17.7 Å². The van der Waals surface area contributed by atoms with Crippen molar-refractivity contribution >= 4 is 5.82 Å². The Kier molecular flexibility index (Phi) is 2.14. The Hall–Kier alpha value is -1.91. The number of nitrogens with zero attached hydrogens (tertiary/aromatic N) is 2. The molecule has 5 heteroatoms. The van der Waals surface area contributed by atoms with Crippen LogP contribution in [0.5, 0.6) is 0 Å². The molecule has 0 radical (unpaired) electrons. The second-order valence-electron chi connectivity index (χ2n) is 4.20. The molecule has 1 heterocycles. The molecule has 0 bridgehead atoms. The molecule has 1 aromatic carbocycles. The summed E-state index contributed by atoms with van der Waals surface area (Å²) in [6, 6.07) is 3.36. The van der Waals surface area contributed by atoms with E-state index >= 15 is 0 Å². The van der Waals surface area contributed by atoms with Crippen LogP contribution in [0.15, 0.2) is 18.2 Å². The van der Waals surface area contributed by atoms with Crippen LogP contribution in [-0.2, 0) is 12.8 Å². The quantitative estimate of drug-likeness (QED) is 0.823. The summed E-state index contributed by atoms with van der Waals surface area (Å²) in [5.74, 6) is -0.760. The van der Waals surface area contributed by atoms with Gasteiger partial charge in [-0.1, -0.05) is 0 Å². The van der Waals surface area contributed by atoms with Crippen LogP contribution in [0.3, 0.4) is 0 Å². The van der Waals surface area contributed by atoms with Crippen molar-refractivity contribution in [3.05, 3.63) is 41.1 Å². The van der Waals surface area contributed by atoms with Crippen LogP contribution in [0.25, 0.3) is 5.69 Å². The maximum Gasteiger partial charge on any atom is 0.149 e. The molecule has 0 amide bonds. The lowest BCUT2D eigenvalue weighted by Gasteiger charge is -2.05. The van der Waals surface area contributed by atoms with Gasteiger partial charge in [-0.25, -0.2) is 13.5 Å². The van der Waals surface area contributed by atoms with Crippen molar-refractivity contribution in [2.45, 2.75) is 19.3 Å². The first-order chi connectivity index (χ1) is 8.15. The van der Waals surface area contributed by atoms with Crippen molar-refractivity contribution in [1.29, 1.82) is 0 Å². The number of aromatic nitrogens is 2. The van der Waals surface area contributed by atoms with Gasteiger partial charge in [0.1, 0.15) is 17.5 Å². The molecular weight excluding hydrogens is 224 g/mol. The summed E-state index contributed by atoms with van der Waals surface area (Å²) in [5.41, 5.74) is 8.15. The number of hydrogen-bond donors (Lipinski definition) is 1. The maximum absolute atomic E-state index is 13.2. The van der Waals surface area contributed by atoms with E-state index in [0.29, 0.717) is 11.5 Å². The Morgan fingerprint density at radius 1 is 1.12 bits per heavy atom. The lowest BCUT2D eigenvalue weighted by molar-refractivity contribution is 0.579. The molecule has 0 fully saturated rings. The fraction of sp³-hybridized carbons (Fsp3) is 0.250. The highest BCUT2D eigenvalue weighted by molar-refractivity contribution is 5.49. The van der Waals surface area contributed by atoms with Crippen molar-refractivity contribution in [3.63, 3.8) is 0 Å². The van der Waals surface area contributed by atoms with Crippen LogP contribution in [0.2, 0.25) is 0 Å². The number of anilines is 1. The third-order valence-electron chi connectivity index (χ3n) is 3.05. The number of fused-ring (bicyclic) bond motifs is 1. The van der Waals surface area contributed by atoms with Crippen LogP contribution in [-0.4, -0.2) is 9.78 Å². The van der Waals surface area contributed by atoms with Gasteiger partial charge in [-0.15, -0.1) is 0 Å². The van der Waals surface area contributed by atoms with Crippen molar-refractivity contribution in [2.24, 2.45) is 0 Å². The first-order valence-corrected chi connectivity index (χ1v) is 5.48. The first kappa shape index (κ1) is 10.3. The third kappa shape index (κ3) is 1.58. The zero-order valence-electron chi connectivity index (χ0n) is 9.08. The minimum atomic E-state index is -0.610. The lowest BCUT2D eigenvalue weighted by Crippen LogP contribution is -2.03. The van der Waals surface area contributed by atoms with E-state index in [4.69, 9.17) is 5.73 Å². The van der Waals surface area contributed by atoms with Gasteiger partial charge in [0.15, 0.2) is 0 Å². The SMILES string of the molecule is Nc1nn(-c2cc(F)cc(F)c2)c2c1CCC2. The highest BCUT2D eigenvalue weighted by atomic mass is 19.1. The van der Waals surface area contributed by atoms with Gasteiger partial charge in [0.05, 0.1) is 5.69 Å². The van der Waals surface area contributed by atoms with Crippen molar-refractivity contribution in [3.8, 4) is 5.69 Å². The van der Waals surface area contributed by atoms with Gasteiger partial charge in [-0.05, 0) is 31.4 Å². The van der Waals surface area contributed by atoms with Crippen LogP contribution in [0.4, 0.5) is 14.6 Å². The van der Waals surface area contributed by atoms with Crippen molar-refractivity contribution in [1.82, 2.24) is 9.78 Å². The number of nitrogens with two attached hydrogens (primary N) is 1. The molecule has 0 unspecified atom stereocenters. The molecule has 1 aliphatic rings.